The molecule has 0 aliphatic rings. The van der Waals surface area contributed by atoms with Crippen LogP contribution in [0.15, 0.2) is 72.8 Å². The lowest BCUT2D eigenvalue weighted by atomic mass is 9.89. The van der Waals surface area contributed by atoms with Crippen molar-refractivity contribution in [3.63, 3.8) is 0 Å². The molecule has 0 fully saturated rings. The van der Waals surface area contributed by atoms with E-state index in [1.807, 2.05) is 13.8 Å². The van der Waals surface area contributed by atoms with Crippen LogP contribution in [0.1, 0.15) is 54.2 Å². The topological polar surface area (TPSA) is 93.4 Å². The number of anilines is 2. The Morgan fingerprint density at radius 3 is 2.15 bits per heavy atom. The Morgan fingerprint density at radius 2 is 1.55 bits per heavy atom. The molecule has 0 heterocycles. The van der Waals surface area contributed by atoms with Gasteiger partial charge in [-0.1, -0.05) is 62.4 Å². The van der Waals surface area contributed by atoms with Crippen molar-refractivity contribution in [3.05, 3.63) is 95.1 Å². The lowest BCUT2D eigenvalue weighted by molar-refractivity contribution is 0.102. The van der Waals surface area contributed by atoms with Gasteiger partial charge in [0.15, 0.2) is 0 Å². The second-order valence-corrected chi connectivity index (χ2v) is 8.18. The maximum absolute atomic E-state index is 12.5. The second-order valence-electron chi connectivity index (χ2n) is 8.18. The van der Waals surface area contributed by atoms with E-state index in [-0.39, 0.29) is 12.5 Å². The van der Waals surface area contributed by atoms with E-state index in [1.165, 1.54) is 5.56 Å². The minimum absolute atomic E-state index is 0.105. The molecule has 0 radical (unpaired) electrons. The number of alkyl carbamates (subject to hydrolysis) is 1. The Morgan fingerprint density at radius 1 is 0.909 bits per heavy atom. The summed E-state index contributed by atoms with van der Waals surface area (Å²) in [5, 5.41) is 5.78. The molecule has 0 aliphatic carbocycles. The summed E-state index contributed by atoms with van der Waals surface area (Å²) in [6.45, 7) is 6.23. The predicted octanol–water partition coefficient (Wildman–Crippen LogP) is 5.64. The number of nitrogen functional groups attached to an aromatic ring is 1. The van der Waals surface area contributed by atoms with Gasteiger partial charge in [0.25, 0.3) is 5.91 Å². The van der Waals surface area contributed by atoms with Crippen LogP contribution >= 0.6 is 0 Å². The average Bonchev–Trinajstić information content (AvgIpc) is 2.84. The molecule has 1 atom stereocenters. The number of ether oxygens (including phenoxy) is 1. The van der Waals surface area contributed by atoms with E-state index in [9.17, 15) is 9.59 Å². The third kappa shape index (κ3) is 6.13. The number of carbonyl (C=O) groups excluding carboxylic acids is 2. The van der Waals surface area contributed by atoms with Gasteiger partial charge in [-0.05, 0) is 60.7 Å². The number of hydrogen-bond donors (Lipinski definition) is 3. The second kappa shape index (κ2) is 10.7. The highest BCUT2D eigenvalue weighted by atomic mass is 16.5. The Labute approximate surface area is 195 Å². The molecule has 0 saturated heterocycles. The third-order valence-electron chi connectivity index (χ3n) is 5.88. The first-order chi connectivity index (χ1) is 15.8. The van der Waals surface area contributed by atoms with E-state index in [0.717, 1.165) is 24.0 Å². The molecule has 33 heavy (non-hydrogen) atoms. The molecular weight excluding hydrogens is 414 g/mol. The van der Waals surface area contributed by atoms with Crippen molar-refractivity contribution in [1.82, 2.24) is 5.32 Å². The highest BCUT2D eigenvalue weighted by Gasteiger charge is 2.27. The van der Waals surface area contributed by atoms with Crippen LogP contribution in [0.25, 0.3) is 0 Å². The fraction of sp³-hybridized carbons (Fsp3) is 0.259. The minimum atomic E-state index is -0.523. The summed E-state index contributed by atoms with van der Waals surface area (Å²) in [4.78, 5) is 24.9. The quantitative estimate of drug-likeness (QED) is 0.392. The maximum atomic E-state index is 12.5. The number of benzene rings is 3. The summed E-state index contributed by atoms with van der Waals surface area (Å²) >= 11 is 0. The van der Waals surface area contributed by atoms with Crippen molar-refractivity contribution < 1.29 is 14.3 Å². The highest BCUT2D eigenvalue weighted by Crippen LogP contribution is 2.25. The van der Waals surface area contributed by atoms with Gasteiger partial charge in [0.1, 0.15) is 6.61 Å². The van der Waals surface area contributed by atoms with E-state index in [2.05, 4.69) is 41.8 Å². The van der Waals surface area contributed by atoms with Gasteiger partial charge in [-0.25, -0.2) is 4.79 Å². The molecule has 6 nitrogen and oxygen atoms in total. The van der Waals surface area contributed by atoms with Gasteiger partial charge in [0.2, 0.25) is 0 Å². The Balaban J connectivity index is 1.56. The van der Waals surface area contributed by atoms with E-state index in [4.69, 9.17) is 10.5 Å². The van der Waals surface area contributed by atoms with Gasteiger partial charge in [0, 0.05) is 5.56 Å². The molecule has 0 bridgehead atoms. The number of amides is 2. The van der Waals surface area contributed by atoms with Gasteiger partial charge in [-0.3, -0.25) is 4.79 Å². The molecule has 0 unspecified atom stereocenters. The van der Waals surface area contributed by atoms with Crippen molar-refractivity contribution in [1.29, 1.82) is 0 Å². The number of aryl methyl sites for hydroxylation is 1. The fourth-order valence-electron chi connectivity index (χ4n) is 3.44. The zero-order valence-corrected chi connectivity index (χ0v) is 19.4. The van der Waals surface area contributed by atoms with Crippen LogP contribution in [-0.2, 0) is 23.3 Å². The van der Waals surface area contributed by atoms with Crippen LogP contribution in [0.5, 0.6) is 0 Å². The highest BCUT2D eigenvalue weighted by molar-refractivity contribution is 6.05. The molecule has 0 aliphatic heterocycles. The van der Waals surface area contributed by atoms with Crippen LogP contribution < -0.4 is 16.4 Å². The summed E-state index contributed by atoms with van der Waals surface area (Å²) in [5.74, 6) is -0.258. The van der Waals surface area contributed by atoms with Crippen molar-refractivity contribution in [2.24, 2.45) is 0 Å². The molecular formula is C27H31N3O3. The minimum Gasteiger partial charge on any atom is -0.445 e. The maximum Gasteiger partial charge on any atom is 0.408 e. The number of nitrogens with two attached hydrogens (primary N) is 1. The van der Waals surface area contributed by atoms with Crippen LogP contribution in [0, 0.1) is 0 Å². The first-order valence-corrected chi connectivity index (χ1v) is 11.1. The lowest BCUT2D eigenvalue weighted by Gasteiger charge is -2.30. The lowest BCUT2D eigenvalue weighted by Crippen LogP contribution is -2.43. The van der Waals surface area contributed by atoms with Gasteiger partial charge < -0.3 is 21.1 Å². The van der Waals surface area contributed by atoms with Crippen LogP contribution in [0.2, 0.25) is 0 Å². The van der Waals surface area contributed by atoms with Crippen molar-refractivity contribution in [2.45, 2.75) is 45.8 Å². The number of carbonyl (C=O) groups is 2. The van der Waals surface area contributed by atoms with Gasteiger partial charge in [0.05, 0.1) is 16.9 Å². The molecule has 172 valence electrons. The molecule has 6 heteroatoms. The monoisotopic (exact) mass is 445 g/mol. The van der Waals surface area contributed by atoms with E-state index < -0.39 is 11.6 Å². The van der Waals surface area contributed by atoms with Crippen molar-refractivity contribution >= 4 is 23.4 Å². The normalized spacial score (nSPS) is 12.5. The number of hydrogen-bond acceptors (Lipinski definition) is 4. The fourth-order valence-corrected chi connectivity index (χ4v) is 3.44. The summed E-state index contributed by atoms with van der Waals surface area (Å²) in [7, 11) is 0. The number of rotatable bonds is 8. The van der Waals surface area contributed by atoms with Crippen molar-refractivity contribution in [2.75, 3.05) is 11.1 Å². The molecule has 4 N–H and O–H groups in total. The largest absolute Gasteiger partial charge is 0.445 e. The zero-order valence-electron chi connectivity index (χ0n) is 19.4. The first kappa shape index (κ1) is 23.9. The molecule has 0 spiro atoms. The SMILES string of the molecule is CCc1ccc([C@](C)(CC)NC(=O)OCc2ccc(C(=O)Nc3ccccc3N)cc2)cc1. The van der Waals surface area contributed by atoms with Crippen LogP contribution in [-0.4, -0.2) is 12.0 Å². The molecule has 3 rings (SSSR count). The number of nitrogens with one attached hydrogen (secondary N) is 2. The van der Waals surface area contributed by atoms with Gasteiger partial charge in [-0.15, -0.1) is 0 Å². The van der Waals surface area contributed by atoms with Gasteiger partial charge in [-0.2, -0.15) is 0 Å². The Hall–Kier alpha value is -3.80. The standard InChI is InChI=1S/C27H31N3O3/c1-4-19-12-16-22(17-13-19)27(3,5-2)30-26(32)33-18-20-10-14-21(15-11-20)25(31)29-24-9-7-6-8-23(24)28/h6-17H,4-5,18,28H2,1-3H3,(H,29,31)(H,30,32)/t27-/m0/s1. The Bertz CT molecular complexity index is 1090. The Kier molecular flexibility index (Phi) is 7.72. The first-order valence-electron chi connectivity index (χ1n) is 11.1. The number of para-hydroxylation sites is 2. The van der Waals surface area contributed by atoms with Crippen LogP contribution in [0.3, 0.4) is 0 Å². The third-order valence-corrected chi connectivity index (χ3v) is 5.88. The zero-order chi connectivity index (χ0) is 23.8. The van der Waals surface area contributed by atoms with Crippen LogP contribution in [0.4, 0.5) is 16.2 Å². The summed E-state index contributed by atoms with van der Waals surface area (Å²) in [6, 6.07) is 22.3. The summed E-state index contributed by atoms with van der Waals surface area (Å²) < 4.78 is 5.44. The summed E-state index contributed by atoms with van der Waals surface area (Å²) in [6.07, 6.45) is 1.21. The molecule has 0 saturated carbocycles. The molecule has 2 amide bonds. The average molecular weight is 446 g/mol. The summed E-state index contributed by atoms with van der Waals surface area (Å²) in [5.41, 5.74) is 9.98. The molecule has 0 aromatic heterocycles. The van der Waals surface area contributed by atoms with E-state index in [0.29, 0.717) is 16.9 Å². The molecule has 3 aromatic carbocycles. The smallest absolute Gasteiger partial charge is 0.408 e. The van der Waals surface area contributed by atoms with E-state index >= 15 is 0 Å². The van der Waals surface area contributed by atoms with E-state index in [1.54, 1.807) is 48.5 Å². The predicted molar refractivity (Wildman–Crippen MR) is 132 cm³/mol. The van der Waals surface area contributed by atoms with Crippen molar-refractivity contribution in [3.8, 4) is 0 Å². The molecule has 3 aromatic rings. The van der Waals surface area contributed by atoms with Gasteiger partial charge >= 0.3 is 6.09 Å².